The van der Waals surface area contributed by atoms with Crippen molar-refractivity contribution in [3.63, 3.8) is 0 Å². The molecule has 0 saturated heterocycles. The van der Waals surface area contributed by atoms with Gasteiger partial charge in [-0.1, -0.05) is 33.6 Å². The first kappa shape index (κ1) is 8.10. The molecule has 60 valence electrons. The Balaban J connectivity index is 2.31. The molecule has 0 aromatic heterocycles. The second-order valence-electron chi connectivity index (χ2n) is 4.10. The smallest absolute Gasteiger partial charge is 0.0386 e. The van der Waals surface area contributed by atoms with E-state index in [-0.39, 0.29) is 0 Å². The molecule has 0 heteroatoms. The van der Waals surface area contributed by atoms with E-state index in [4.69, 9.17) is 0 Å². The van der Waals surface area contributed by atoms with Crippen molar-refractivity contribution in [2.45, 2.75) is 46.5 Å². The van der Waals surface area contributed by atoms with Crippen LogP contribution in [0.2, 0.25) is 0 Å². The van der Waals surface area contributed by atoms with Crippen molar-refractivity contribution in [1.29, 1.82) is 0 Å². The monoisotopic (exact) mass is 140 g/mol. The van der Waals surface area contributed by atoms with Crippen LogP contribution < -0.4 is 0 Å². The second-order valence-corrected chi connectivity index (χ2v) is 4.10. The van der Waals surface area contributed by atoms with Crippen molar-refractivity contribution in [3.05, 3.63) is 0 Å². The Bertz CT molecular complexity index is 96.2. The van der Waals surface area contributed by atoms with Crippen molar-refractivity contribution < 1.29 is 0 Å². The van der Waals surface area contributed by atoms with Crippen LogP contribution in [0.15, 0.2) is 0 Å². The number of hydrogen-bond acceptors (Lipinski definition) is 0. The maximum absolute atomic E-state index is 2.42. The molecule has 1 aliphatic rings. The molecule has 1 fully saturated rings. The quantitative estimate of drug-likeness (QED) is 0.551. The third-order valence-corrected chi connectivity index (χ3v) is 2.94. The molecule has 0 bridgehead atoms. The average Bonchev–Trinajstić information content (AvgIpc) is 2.13. The maximum atomic E-state index is 2.42. The largest absolute Gasteiger partial charge is 0.0654 e. The molecule has 10 heavy (non-hydrogen) atoms. The Hall–Kier alpha value is 0. The van der Waals surface area contributed by atoms with E-state index in [0.717, 1.165) is 17.8 Å². The fourth-order valence-electron chi connectivity index (χ4n) is 2.45. The first-order valence-electron chi connectivity index (χ1n) is 4.74. The highest BCUT2D eigenvalue weighted by Crippen LogP contribution is 2.38. The van der Waals surface area contributed by atoms with Gasteiger partial charge in [0.05, 0.1) is 0 Å². The summed E-state index contributed by atoms with van der Waals surface area (Å²) in [6.07, 6.45) is 5.81. The molecule has 1 aliphatic carbocycles. The molecule has 0 N–H and O–H groups in total. The second kappa shape index (κ2) is 3.41. The summed E-state index contributed by atoms with van der Waals surface area (Å²) in [7, 11) is 0. The minimum absolute atomic E-state index is 1.01. The lowest BCUT2D eigenvalue weighted by molar-refractivity contribution is 0.387. The summed E-state index contributed by atoms with van der Waals surface area (Å²) >= 11 is 0. The van der Waals surface area contributed by atoms with E-state index in [1.165, 1.54) is 25.7 Å². The van der Waals surface area contributed by atoms with Gasteiger partial charge in [-0.25, -0.2) is 0 Å². The molecule has 0 amide bonds. The molecule has 1 rings (SSSR count). The summed E-state index contributed by atoms with van der Waals surface area (Å²) in [6, 6.07) is 0. The Morgan fingerprint density at radius 2 is 1.90 bits per heavy atom. The maximum Gasteiger partial charge on any atom is -0.0386 e. The Kier molecular flexibility index (Phi) is 2.76. The number of hydrogen-bond donors (Lipinski definition) is 0. The summed E-state index contributed by atoms with van der Waals surface area (Å²) in [5.41, 5.74) is 0. The molecular formula is C10H20. The van der Waals surface area contributed by atoms with Crippen molar-refractivity contribution in [3.8, 4) is 0 Å². The van der Waals surface area contributed by atoms with E-state index in [2.05, 4.69) is 20.8 Å². The van der Waals surface area contributed by atoms with Crippen molar-refractivity contribution in [2.75, 3.05) is 0 Å². The average molecular weight is 140 g/mol. The highest BCUT2D eigenvalue weighted by atomic mass is 14.3. The van der Waals surface area contributed by atoms with Crippen LogP contribution in [-0.2, 0) is 0 Å². The molecule has 0 aromatic rings. The lowest BCUT2D eigenvalue weighted by Crippen LogP contribution is -2.02. The van der Waals surface area contributed by atoms with E-state index in [1.54, 1.807) is 0 Å². The predicted molar refractivity (Wildman–Crippen MR) is 46.0 cm³/mol. The Labute approximate surface area is 65.0 Å². The highest BCUT2D eigenvalue weighted by molar-refractivity contribution is 4.78. The fraction of sp³-hybridized carbons (Fsp3) is 1.00. The minimum atomic E-state index is 1.01. The third kappa shape index (κ3) is 1.74. The molecular weight excluding hydrogens is 120 g/mol. The molecule has 1 saturated carbocycles. The third-order valence-electron chi connectivity index (χ3n) is 2.94. The van der Waals surface area contributed by atoms with Crippen LogP contribution in [-0.4, -0.2) is 0 Å². The zero-order valence-corrected chi connectivity index (χ0v) is 7.56. The standard InChI is InChI=1S/C10H20/c1-4-5-10-7-8(2)6-9(10)3/h8-10H,4-7H2,1-3H3/t8?,9?,10-/m1/s1. The molecule has 0 radical (unpaired) electrons. The van der Waals surface area contributed by atoms with Crippen molar-refractivity contribution in [1.82, 2.24) is 0 Å². The van der Waals surface area contributed by atoms with Gasteiger partial charge in [-0.05, 0) is 30.6 Å². The Morgan fingerprint density at radius 1 is 1.20 bits per heavy atom. The molecule has 2 unspecified atom stereocenters. The Morgan fingerprint density at radius 3 is 2.30 bits per heavy atom. The first-order valence-corrected chi connectivity index (χ1v) is 4.74. The molecule has 3 atom stereocenters. The summed E-state index contributed by atoms with van der Waals surface area (Å²) in [5, 5.41) is 0. The van der Waals surface area contributed by atoms with Crippen LogP contribution in [0.3, 0.4) is 0 Å². The van der Waals surface area contributed by atoms with Gasteiger partial charge in [-0.15, -0.1) is 0 Å². The van der Waals surface area contributed by atoms with Gasteiger partial charge in [0.1, 0.15) is 0 Å². The van der Waals surface area contributed by atoms with E-state index in [9.17, 15) is 0 Å². The normalized spacial score (nSPS) is 40.5. The van der Waals surface area contributed by atoms with Crippen LogP contribution >= 0.6 is 0 Å². The first-order chi connectivity index (χ1) is 4.74. The van der Waals surface area contributed by atoms with Crippen LogP contribution in [0.25, 0.3) is 0 Å². The van der Waals surface area contributed by atoms with Crippen LogP contribution in [0.1, 0.15) is 46.5 Å². The van der Waals surface area contributed by atoms with Crippen molar-refractivity contribution in [2.24, 2.45) is 17.8 Å². The van der Waals surface area contributed by atoms with Gasteiger partial charge in [0.15, 0.2) is 0 Å². The van der Waals surface area contributed by atoms with E-state index >= 15 is 0 Å². The number of rotatable bonds is 2. The zero-order valence-electron chi connectivity index (χ0n) is 7.56. The predicted octanol–water partition coefficient (Wildman–Crippen LogP) is 3.47. The molecule has 0 nitrogen and oxygen atoms in total. The SMILES string of the molecule is CCC[C@@H]1CC(C)CC1C. The fourth-order valence-corrected chi connectivity index (χ4v) is 2.45. The molecule has 0 aliphatic heterocycles. The van der Waals surface area contributed by atoms with E-state index < -0.39 is 0 Å². The van der Waals surface area contributed by atoms with Gasteiger partial charge < -0.3 is 0 Å². The lowest BCUT2D eigenvalue weighted by Gasteiger charge is -2.12. The van der Waals surface area contributed by atoms with E-state index in [0.29, 0.717) is 0 Å². The van der Waals surface area contributed by atoms with Gasteiger partial charge in [-0.2, -0.15) is 0 Å². The molecule has 0 heterocycles. The summed E-state index contributed by atoms with van der Waals surface area (Å²) in [4.78, 5) is 0. The highest BCUT2D eigenvalue weighted by Gasteiger charge is 2.27. The van der Waals surface area contributed by atoms with Crippen LogP contribution in [0, 0.1) is 17.8 Å². The lowest BCUT2D eigenvalue weighted by atomic mass is 9.94. The summed E-state index contributed by atoms with van der Waals surface area (Å²) in [6.45, 7) is 7.12. The topological polar surface area (TPSA) is 0 Å². The van der Waals surface area contributed by atoms with Gasteiger partial charge in [0, 0.05) is 0 Å². The van der Waals surface area contributed by atoms with E-state index in [1.807, 2.05) is 0 Å². The summed E-state index contributed by atoms with van der Waals surface area (Å²) < 4.78 is 0. The van der Waals surface area contributed by atoms with Gasteiger partial charge >= 0.3 is 0 Å². The molecule has 0 spiro atoms. The minimum Gasteiger partial charge on any atom is -0.0654 e. The van der Waals surface area contributed by atoms with Gasteiger partial charge in [0.2, 0.25) is 0 Å². The van der Waals surface area contributed by atoms with Crippen LogP contribution in [0.4, 0.5) is 0 Å². The molecule has 0 aromatic carbocycles. The van der Waals surface area contributed by atoms with Gasteiger partial charge in [-0.3, -0.25) is 0 Å². The summed E-state index contributed by atoms with van der Waals surface area (Å²) in [5.74, 6) is 3.07. The van der Waals surface area contributed by atoms with Gasteiger partial charge in [0.25, 0.3) is 0 Å². The van der Waals surface area contributed by atoms with Crippen LogP contribution in [0.5, 0.6) is 0 Å². The van der Waals surface area contributed by atoms with Crippen molar-refractivity contribution >= 4 is 0 Å². The zero-order chi connectivity index (χ0) is 7.56.